The van der Waals surface area contributed by atoms with Crippen molar-refractivity contribution in [1.29, 1.82) is 0 Å². The Morgan fingerprint density at radius 2 is 1.73 bits per heavy atom. The minimum atomic E-state index is -3.88. The second-order valence-electron chi connectivity index (χ2n) is 8.00. The summed E-state index contributed by atoms with van der Waals surface area (Å²) in [6.45, 7) is 6.02. The first-order valence-corrected chi connectivity index (χ1v) is 11.6. The van der Waals surface area contributed by atoms with E-state index < -0.39 is 10.0 Å². The lowest BCUT2D eigenvalue weighted by Gasteiger charge is -2.38. The standard InChI is InChI=1S/C23H27N3O3S/c1-15-13-26(14-16(2)25-15)22-12-19(29-3)8-9-20(22)18-10-17-6-4-5-7-21(17)23(11-18)30(24,27)28/h4-12,15-16,25H,13-14H2,1-3H3,(H2,24,27,28)/t15-,16+. The SMILES string of the molecule is COc1ccc(-c2cc(S(N)(=O)=O)c3ccccc3c2)c(N2C[C@@H](C)N[C@@H](C)C2)c1. The average Bonchev–Trinajstić information content (AvgIpc) is 2.71. The van der Waals surface area contributed by atoms with Gasteiger partial charge in [-0.3, -0.25) is 0 Å². The van der Waals surface area contributed by atoms with Gasteiger partial charge >= 0.3 is 0 Å². The van der Waals surface area contributed by atoms with Gasteiger partial charge in [0.25, 0.3) is 0 Å². The van der Waals surface area contributed by atoms with Crippen LogP contribution in [0.3, 0.4) is 0 Å². The minimum absolute atomic E-state index is 0.138. The Morgan fingerprint density at radius 1 is 1.03 bits per heavy atom. The number of nitrogens with one attached hydrogen (secondary N) is 1. The average molecular weight is 426 g/mol. The van der Waals surface area contributed by atoms with Crippen LogP contribution in [-0.2, 0) is 10.0 Å². The third-order valence-electron chi connectivity index (χ3n) is 5.54. The van der Waals surface area contributed by atoms with Gasteiger partial charge in [0.15, 0.2) is 0 Å². The number of primary sulfonamides is 1. The number of benzene rings is 3. The molecule has 4 rings (SSSR count). The molecule has 0 aliphatic carbocycles. The van der Waals surface area contributed by atoms with Crippen molar-refractivity contribution in [2.45, 2.75) is 30.8 Å². The number of hydrogen-bond acceptors (Lipinski definition) is 5. The Morgan fingerprint density at radius 3 is 2.40 bits per heavy atom. The fourth-order valence-electron chi connectivity index (χ4n) is 4.33. The van der Waals surface area contributed by atoms with Crippen molar-refractivity contribution in [3.8, 4) is 16.9 Å². The van der Waals surface area contributed by atoms with Crippen LogP contribution in [0, 0.1) is 0 Å². The molecule has 7 heteroatoms. The third kappa shape index (κ3) is 4.01. The fraction of sp³-hybridized carbons (Fsp3) is 0.304. The number of hydrogen-bond donors (Lipinski definition) is 2. The number of methoxy groups -OCH3 is 1. The zero-order valence-electron chi connectivity index (χ0n) is 17.4. The topological polar surface area (TPSA) is 84.7 Å². The van der Waals surface area contributed by atoms with E-state index in [1.54, 1.807) is 19.2 Å². The Hall–Kier alpha value is -2.61. The van der Waals surface area contributed by atoms with Crippen LogP contribution in [0.15, 0.2) is 59.5 Å². The van der Waals surface area contributed by atoms with E-state index in [0.29, 0.717) is 17.5 Å². The molecule has 3 N–H and O–H groups in total. The van der Waals surface area contributed by atoms with E-state index in [4.69, 9.17) is 9.88 Å². The number of rotatable bonds is 4. The molecule has 0 aromatic heterocycles. The highest BCUT2D eigenvalue weighted by Crippen LogP contribution is 2.38. The molecule has 0 radical (unpaired) electrons. The maximum Gasteiger partial charge on any atom is 0.238 e. The summed E-state index contributed by atoms with van der Waals surface area (Å²) in [5.41, 5.74) is 2.78. The Labute approximate surface area is 177 Å². The van der Waals surface area contributed by atoms with Gasteiger partial charge in [-0.1, -0.05) is 24.3 Å². The molecule has 158 valence electrons. The second kappa shape index (κ2) is 7.91. The molecule has 30 heavy (non-hydrogen) atoms. The Kier molecular flexibility index (Phi) is 5.44. The predicted octanol–water partition coefficient (Wildman–Crippen LogP) is 3.35. The Balaban J connectivity index is 1.93. The minimum Gasteiger partial charge on any atom is -0.497 e. The van der Waals surface area contributed by atoms with E-state index in [1.165, 1.54) is 0 Å². The van der Waals surface area contributed by atoms with Crippen LogP contribution in [0.25, 0.3) is 21.9 Å². The number of piperazine rings is 1. The molecular formula is C23H27N3O3S. The highest BCUT2D eigenvalue weighted by atomic mass is 32.2. The van der Waals surface area contributed by atoms with Crippen LogP contribution in [0.4, 0.5) is 5.69 Å². The van der Waals surface area contributed by atoms with Crippen molar-refractivity contribution in [2.24, 2.45) is 5.14 Å². The zero-order chi connectivity index (χ0) is 21.5. The predicted molar refractivity (Wildman–Crippen MR) is 122 cm³/mol. The van der Waals surface area contributed by atoms with Gasteiger partial charge in [0, 0.05) is 47.9 Å². The Bertz CT molecular complexity index is 1180. The van der Waals surface area contributed by atoms with Crippen molar-refractivity contribution in [3.05, 3.63) is 54.6 Å². The maximum atomic E-state index is 12.3. The molecule has 3 aromatic rings. The number of sulfonamides is 1. The number of ether oxygens (including phenoxy) is 1. The monoisotopic (exact) mass is 425 g/mol. The van der Waals surface area contributed by atoms with Crippen molar-refractivity contribution in [2.75, 3.05) is 25.1 Å². The largest absolute Gasteiger partial charge is 0.497 e. The summed E-state index contributed by atoms with van der Waals surface area (Å²) in [6.07, 6.45) is 0. The first-order chi connectivity index (χ1) is 14.3. The van der Waals surface area contributed by atoms with Crippen LogP contribution in [0.5, 0.6) is 5.75 Å². The molecule has 3 aromatic carbocycles. The van der Waals surface area contributed by atoms with Crippen LogP contribution < -0.4 is 20.1 Å². The van der Waals surface area contributed by atoms with Crippen molar-refractivity contribution in [3.63, 3.8) is 0 Å². The van der Waals surface area contributed by atoms with E-state index in [9.17, 15) is 8.42 Å². The molecule has 0 spiro atoms. The van der Waals surface area contributed by atoms with Gasteiger partial charge in [-0.2, -0.15) is 0 Å². The van der Waals surface area contributed by atoms with Gasteiger partial charge in [-0.15, -0.1) is 0 Å². The summed E-state index contributed by atoms with van der Waals surface area (Å²) >= 11 is 0. The zero-order valence-corrected chi connectivity index (χ0v) is 18.2. The van der Waals surface area contributed by atoms with Gasteiger partial charge in [-0.25, -0.2) is 13.6 Å². The molecule has 1 aliphatic heterocycles. The molecule has 2 atom stereocenters. The second-order valence-corrected chi connectivity index (χ2v) is 9.53. The van der Waals surface area contributed by atoms with E-state index in [-0.39, 0.29) is 4.90 Å². The van der Waals surface area contributed by atoms with Crippen LogP contribution in [0.1, 0.15) is 13.8 Å². The van der Waals surface area contributed by atoms with E-state index in [1.807, 2.05) is 42.5 Å². The first kappa shape index (κ1) is 20.7. The molecule has 0 unspecified atom stereocenters. The molecule has 6 nitrogen and oxygen atoms in total. The maximum absolute atomic E-state index is 12.3. The molecular weight excluding hydrogens is 398 g/mol. The van der Waals surface area contributed by atoms with Crippen LogP contribution >= 0.6 is 0 Å². The highest BCUT2D eigenvalue weighted by Gasteiger charge is 2.24. The number of nitrogens with two attached hydrogens (primary N) is 1. The molecule has 1 aliphatic rings. The van der Waals surface area contributed by atoms with Crippen molar-refractivity contribution < 1.29 is 13.2 Å². The van der Waals surface area contributed by atoms with Gasteiger partial charge < -0.3 is 15.0 Å². The molecule has 1 saturated heterocycles. The summed E-state index contributed by atoms with van der Waals surface area (Å²) in [5, 5.41) is 10.6. The van der Waals surface area contributed by atoms with Crippen molar-refractivity contribution >= 4 is 26.5 Å². The van der Waals surface area contributed by atoms with Crippen molar-refractivity contribution in [1.82, 2.24) is 5.32 Å². The molecule has 0 bridgehead atoms. The number of fused-ring (bicyclic) bond motifs is 1. The van der Waals surface area contributed by atoms with E-state index in [0.717, 1.165) is 41.0 Å². The molecule has 1 fully saturated rings. The van der Waals surface area contributed by atoms with Gasteiger partial charge in [0.2, 0.25) is 10.0 Å². The highest BCUT2D eigenvalue weighted by molar-refractivity contribution is 7.89. The number of nitrogens with zero attached hydrogens (tertiary/aromatic N) is 1. The molecule has 0 saturated carbocycles. The lowest BCUT2D eigenvalue weighted by molar-refractivity contribution is 0.403. The first-order valence-electron chi connectivity index (χ1n) is 10.0. The molecule has 0 amide bonds. The summed E-state index contributed by atoms with van der Waals surface area (Å²) in [4.78, 5) is 2.47. The lowest BCUT2D eigenvalue weighted by Crippen LogP contribution is -2.54. The van der Waals surface area contributed by atoms with E-state index in [2.05, 4.69) is 24.1 Å². The quantitative estimate of drug-likeness (QED) is 0.670. The number of anilines is 1. The fourth-order valence-corrected chi connectivity index (χ4v) is 5.12. The van der Waals surface area contributed by atoms with Gasteiger partial charge in [-0.05, 0) is 49.1 Å². The van der Waals surface area contributed by atoms with E-state index >= 15 is 0 Å². The van der Waals surface area contributed by atoms with Crippen LogP contribution in [-0.4, -0.2) is 40.7 Å². The summed E-state index contributed by atoms with van der Waals surface area (Å²) in [7, 11) is -2.23. The summed E-state index contributed by atoms with van der Waals surface area (Å²) in [6, 6.07) is 17.7. The van der Waals surface area contributed by atoms with Crippen LogP contribution in [0.2, 0.25) is 0 Å². The summed E-state index contributed by atoms with van der Waals surface area (Å²) < 4.78 is 30.2. The smallest absolute Gasteiger partial charge is 0.238 e. The molecule has 1 heterocycles. The normalized spacial score (nSPS) is 19.8. The third-order valence-corrected chi connectivity index (χ3v) is 6.50. The van der Waals surface area contributed by atoms with Gasteiger partial charge in [0.05, 0.1) is 12.0 Å². The lowest BCUT2D eigenvalue weighted by atomic mass is 9.98. The summed E-state index contributed by atoms with van der Waals surface area (Å²) in [5.74, 6) is 0.764. The van der Waals surface area contributed by atoms with Gasteiger partial charge in [0.1, 0.15) is 5.75 Å².